The molecule has 1 aliphatic carbocycles. The van der Waals surface area contributed by atoms with Crippen LogP contribution in [0.2, 0.25) is 0 Å². The molecule has 1 saturated carbocycles. The Hall–Kier alpha value is -0.880. The van der Waals surface area contributed by atoms with E-state index >= 15 is 0 Å². The number of halogens is 2. The van der Waals surface area contributed by atoms with E-state index in [9.17, 15) is 9.59 Å². The Kier molecular flexibility index (Phi) is 4.10. The number of hydrogen-bond donors (Lipinski definition) is 0. The fraction of sp³-hybridized carbons (Fsp3) is 0.467. The lowest BCUT2D eigenvalue weighted by Gasteiger charge is -2.29. The summed E-state index contributed by atoms with van der Waals surface area (Å²) >= 11 is 7.17. The monoisotopic (exact) mass is 415 g/mol. The predicted molar refractivity (Wildman–Crippen MR) is 87.1 cm³/mol. The quantitative estimate of drug-likeness (QED) is 0.549. The number of rotatable bonds is 2. The highest BCUT2D eigenvalue weighted by Crippen LogP contribution is 2.44. The molecular weight excluding hydrogens is 402 g/mol. The Morgan fingerprint density at radius 1 is 1.00 bits per heavy atom. The molecule has 2 fully saturated rings. The second-order valence-corrected chi connectivity index (χ2v) is 7.78. The summed E-state index contributed by atoms with van der Waals surface area (Å²) < 4.78 is 5.11. The van der Waals surface area contributed by atoms with Crippen LogP contribution in [-0.2, 0) is 9.59 Å². The molecule has 2 amide bonds. The van der Waals surface area contributed by atoms with E-state index in [4.69, 9.17) is 4.74 Å². The fourth-order valence-corrected chi connectivity index (χ4v) is 4.32. The van der Waals surface area contributed by atoms with E-state index in [1.54, 1.807) is 31.4 Å². The van der Waals surface area contributed by atoms with Crippen molar-refractivity contribution in [2.45, 2.75) is 22.5 Å². The Morgan fingerprint density at radius 3 is 1.90 bits per heavy atom. The van der Waals surface area contributed by atoms with Crippen molar-refractivity contribution in [3.05, 3.63) is 24.3 Å². The van der Waals surface area contributed by atoms with Crippen LogP contribution < -0.4 is 9.64 Å². The third kappa shape index (κ3) is 2.52. The summed E-state index contributed by atoms with van der Waals surface area (Å²) in [5, 5.41) is 0. The van der Waals surface area contributed by atoms with Crippen LogP contribution in [0.4, 0.5) is 5.69 Å². The molecule has 4 atom stereocenters. The first-order valence-electron chi connectivity index (χ1n) is 6.83. The maximum Gasteiger partial charge on any atom is 0.237 e. The molecule has 112 valence electrons. The smallest absolute Gasteiger partial charge is 0.237 e. The van der Waals surface area contributed by atoms with Gasteiger partial charge in [0.2, 0.25) is 11.8 Å². The van der Waals surface area contributed by atoms with Gasteiger partial charge in [-0.2, -0.15) is 0 Å². The van der Waals surface area contributed by atoms with Gasteiger partial charge in [0.25, 0.3) is 0 Å². The Balaban J connectivity index is 1.89. The minimum absolute atomic E-state index is 0.0842. The van der Waals surface area contributed by atoms with Gasteiger partial charge < -0.3 is 4.74 Å². The average Bonchev–Trinajstić information content (AvgIpc) is 2.72. The summed E-state index contributed by atoms with van der Waals surface area (Å²) in [6, 6.07) is 7.03. The standard InChI is InChI=1S/C15H15Br2NO3/c1-21-9-4-2-8(3-5-9)18-14(19)10-6-12(16)13(17)7-11(10)15(18)20/h2-5,10-13H,6-7H2,1H3. The Morgan fingerprint density at radius 2 is 1.48 bits per heavy atom. The number of carbonyl (C=O) groups excluding carboxylic acids is 2. The molecule has 0 bridgehead atoms. The summed E-state index contributed by atoms with van der Waals surface area (Å²) in [5.74, 6) is 0.116. The second kappa shape index (κ2) is 5.72. The molecule has 0 N–H and O–H groups in total. The number of benzene rings is 1. The van der Waals surface area contributed by atoms with Crippen LogP contribution in [0.15, 0.2) is 24.3 Å². The highest BCUT2D eigenvalue weighted by atomic mass is 79.9. The van der Waals surface area contributed by atoms with Gasteiger partial charge in [-0.15, -0.1) is 0 Å². The molecule has 4 unspecified atom stereocenters. The third-order valence-corrected chi connectivity index (χ3v) is 6.98. The zero-order valence-electron chi connectivity index (χ0n) is 11.5. The highest BCUT2D eigenvalue weighted by Gasteiger charge is 2.52. The van der Waals surface area contributed by atoms with Crippen molar-refractivity contribution in [1.82, 2.24) is 0 Å². The van der Waals surface area contributed by atoms with Gasteiger partial charge in [-0.1, -0.05) is 31.9 Å². The second-order valence-electron chi connectivity index (χ2n) is 5.43. The lowest BCUT2D eigenvalue weighted by atomic mass is 9.81. The number of ether oxygens (including phenoxy) is 1. The molecule has 0 spiro atoms. The van der Waals surface area contributed by atoms with Crippen LogP contribution in [-0.4, -0.2) is 28.6 Å². The van der Waals surface area contributed by atoms with Crippen molar-refractivity contribution < 1.29 is 14.3 Å². The molecule has 21 heavy (non-hydrogen) atoms. The molecule has 0 aromatic heterocycles. The van der Waals surface area contributed by atoms with E-state index in [0.29, 0.717) is 24.3 Å². The molecule has 2 aliphatic rings. The van der Waals surface area contributed by atoms with E-state index < -0.39 is 0 Å². The lowest BCUT2D eigenvalue weighted by Crippen LogP contribution is -2.34. The van der Waals surface area contributed by atoms with Gasteiger partial charge in [-0.25, -0.2) is 0 Å². The van der Waals surface area contributed by atoms with Gasteiger partial charge in [-0.3, -0.25) is 14.5 Å². The summed E-state index contributed by atoms with van der Waals surface area (Å²) in [4.78, 5) is 27.0. The Bertz CT molecular complexity index is 547. The van der Waals surface area contributed by atoms with Crippen LogP contribution >= 0.6 is 31.9 Å². The number of amides is 2. The first kappa shape index (κ1) is 15.0. The lowest BCUT2D eigenvalue weighted by molar-refractivity contribution is -0.122. The van der Waals surface area contributed by atoms with Gasteiger partial charge in [-0.05, 0) is 37.1 Å². The van der Waals surface area contributed by atoms with Gasteiger partial charge in [0.1, 0.15) is 5.75 Å². The Labute approximate surface area is 140 Å². The van der Waals surface area contributed by atoms with E-state index in [1.165, 1.54) is 4.90 Å². The molecule has 4 nitrogen and oxygen atoms in total. The van der Waals surface area contributed by atoms with E-state index in [-0.39, 0.29) is 33.3 Å². The average molecular weight is 417 g/mol. The molecular formula is C15H15Br2NO3. The van der Waals surface area contributed by atoms with Gasteiger partial charge in [0.15, 0.2) is 0 Å². The van der Waals surface area contributed by atoms with Crippen molar-refractivity contribution in [3.63, 3.8) is 0 Å². The topological polar surface area (TPSA) is 46.6 Å². The summed E-state index contributed by atoms with van der Waals surface area (Å²) in [6.45, 7) is 0. The number of fused-ring (bicyclic) bond motifs is 1. The van der Waals surface area contributed by atoms with Crippen LogP contribution in [0.25, 0.3) is 0 Å². The number of nitrogens with zero attached hydrogens (tertiary/aromatic N) is 1. The van der Waals surface area contributed by atoms with Gasteiger partial charge in [0, 0.05) is 9.65 Å². The van der Waals surface area contributed by atoms with Crippen molar-refractivity contribution in [2.75, 3.05) is 12.0 Å². The van der Waals surface area contributed by atoms with Crippen molar-refractivity contribution in [1.29, 1.82) is 0 Å². The molecule has 1 saturated heterocycles. The molecule has 1 aromatic carbocycles. The van der Waals surface area contributed by atoms with E-state index in [0.717, 1.165) is 0 Å². The number of anilines is 1. The highest BCUT2D eigenvalue weighted by molar-refractivity contribution is 9.12. The number of imide groups is 1. The number of alkyl halides is 2. The summed E-state index contributed by atoms with van der Waals surface area (Å²) in [7, 11) is 1.59. The largest absolute Gasteiger partial charge is 0.497 e. The number of carbonyl (C=O) groups is 2. The number of methoxy groups -OCH3 is 1. The predicted octanol–water partition coefficient (Wildman–Crippen LogP) is 3.12. The van der Waals surface area contributed by atoms with E-state index in [1.807, 2.05) is 0 Å². The zero-order valence-corrected chi connectivity index (χ0v) is 14.6. The van der Waals surface area contributed by atoms with Crippen molar-refractivity contribution in [2.24, 2.45) is 11.8 Å². The molecule has 1 aliphatic heterocycles. The van der Waals surface area contributed by atoms with Crippen molar-refractivity contribution in [3.8, 4) is 5.75 Å². The maximum atomic E-state index is 12.6. The fourth-order valence-electron chi connectivity index (χ4n) is 3.08. The molecule has 1 heterocycles. The van der Waals surface area contributed by atoms with Crippen LogP contribution in [0.3, 0.4) is 0 Å². The molecule has 3 rings (SSSR count). The van der Waals surface area contributed by atoms with Crippen LogP contribution in [0, 0.1) is 11.8 Å². The maximum absolute atomic E-state index is 12.6. The third-order valence-electron chi connectivity index (χ3n) is 4.24. The first-order chi connectivity index (χ1) is 10.0. The van der Waals surface area contributed by atoms with Crippen molar-refractivity contribution >= 4 is 49.4 Å². The van der Waals surface area contributed by atoms with Gasteiger partial charge >= 0.3 is 0 Å². The summed E-state index contributed by atoms with van der Waals surface area (Å²) in [5.41, 5.74) is 0.623. The summed E-state index contributed by atoms with van der Waals surface area (Å²) in [6.07, 6.45) is 1.38. The van der Waals surface area contributed by atoms with E-state index in [2.05, 4.69) is 31.9 Å². The molecule has 1 aromatic rings. The first-order valence-corrected chi connectivity index (χ1v) is 8.66. The minimum Gasteiger partial charge on any atom is -0.497 e. The van der Waals surface area contributed by atoms with Crippen LogP contribution in [0.5, 0.6) is 5.75 Å². The van der Waals surface area contributed by atoms with Gasteiger partial charge in [0.05, 0.1) is 24.6 Å². The normalized spacial score (nSPS) is 32.2. The minimum atomic E-state index is -0.210. The number of hydrogen-bond acceptors (Lipinski definition) is 3. The zero-order chi connectivity index (χ0) is 15.1. The SMILES string of the molecule is COc1ccc(N2C(=O)C3CC(Br)C(Br)CC3C2=O)cc1. The molecule has 6 heteroatoms. The van der Waals surface area contributed by atoms with Crippen LogP contribution in [0.1, 0.15) is 12.8 Å². The molecule has 0 radical (unpaired) electrons.